The van der Waals surface area contributed by atoms with E-state index in [1.807, 2.05) is 0 Å². The first kappa shape index (κ1) is 17.7. The predicted octanol–water partition coefficient (Wildman–Crippen LogP) is 2.76. The van der Waals surface area contributed by atoms with Gasteiger partial charge < -0.3 is 15.2 Å². The molecule has 1 heterocycles. The molecule has 1 aliphatic rings. The number of anilines is 1. The molecular weight excluding hydrogens is 364 g/mol. The van der Waals surface area contributed by atoms with Gasteiger partial charge in [0.1, 0.15) is 11.6 Å². The maximum atomic E-state index is 12.5. The summed E-state index contributed by atoms with van der Waals surface area (Å²) in [4.78, 5) is 26.0. The van der Waals surface area contributed by atoms with Gasteiger partial charge in [-0.05, 0) is 51.5 Å². The lowest BCUT2D eigenvalue weighted by molar-refractivity contribution is -0.122. The number of hydrogen-bond donors (Lipinski definition) is 2. The van der Waals surface area contributed by atoms with E-state index < -0.39 is 29.7 Å². The average Bonchev–Trinajstić information content (AvgIpc) is 2.81. The van der Waals surface area contributed by atoms with E-state index in [1.54, 1.807) is 45.0 Å². The fourth-order valence-corrected chi connectivity index (χ4v) is 2.63. The molecule has 6 nitrogen and oxygen atoms in total. The number of nitrogens with one attached hydrogen (secondary N) is 1. The molecule has 1 fully saturated rings. The summed E-state index contributed by atoms with van der Waals surface area (Å²) in [6.07, 6.45) is -1.15. The minimum atomic E-state index is -0.950. The van der Waals surface area contributed by atoms with Crippen molar-refractivity contribution in [3.63, 3.8) is 0 Å². The third-order valence-corrected chi connectivity index (χ3v) is 3.90. The van der Waals surface area contributed by atoms with E-state index in [0.29, 0.717) is 12.1 Å². The Kier molecular flexibility index (Phi) is 5.31. The third kappa shape index (κ3) is 4.68. The number of aliphatic hydroxyl groups is 1. The number of likely N-dealkylation sites (tertiary alicyclic amines) is 1. The van der Waals surface area contributed by atoms with Gasteiger partial charge in [0.2, 0.25) is 5.91 Å². The van der Waals surface area contributed by atoms with Crippen molar-refractivity contribution in [1.29, 1.82) is 0 Å². The van der Waals surface area contributed by atoms with Gasteiger partial charge in [-0.25, -0.2) is 4.79 Å². The summed E-state index contributed by atoms with van der Waals surface area (Å²) < 4.78 is 6.20. The van der Waals surface area contributed by atoms with E-state index in [2.05, 4.69) is 21.2 Å². The Labute approximate surface area is 143 Å². The number of ether oxygens (including phenoxy) is 1. The minimum Gasteiger partial charge on any atom is -0.444 e. The van der Waals surface area contributed by atoms with E-state index in [1.165, 1.54) is 4.90 Å². The highest BCUT2D eigenvalue weighted by Crippen LogP contribution is 2.23. The van der Waals surface area contributed by atoms with Gasteiger partial charge in [-0.3, -0.25) is 9.69 Å². The number of amides is 2. The number of rotatable bonds is 2. The van der Waals surface area contributed by atoms with Crippen LogP contribution < -0.4 is 5.32 Å². The Hall–Kier alpha value is -1.60. The van der Waals surface area contributed by atoms with Crippen LogP contribution in [0.25, 0.3) is 0 Å². The lowest BCUT2D eigenvalue weighted by Gasteiger charge is -2.28. The highest BCUT2D eigenvalue weighted by Gasteiger charge is 2.42. The predicted molar refractivity (Wildman–Crippen MR) is 90.1 cm³/mol. The van der Waals surface area contributed by atoms with E-state index >= 15 is 0 Å². The van der Waals surface area contributed by atoms with Gasteiger partial charge in [-0.1, -0.05) is 15.9 Å². The van der Waals surface area contributed by atoms with Crippen LogP contribution >= 0.6 is 15.9 Å². The molecule has 2 atom stereocenters. The molecule has 0 radical (unpaired) electrons. The topological polar surface area (TPSA) is 78.9 Å². The van der Waals surface area contributed by atoms with Crippen molar-refractivity contribution in [2.45, 2.75) is 44.9 Å². The second-order valence-corrected chi connectivity index (χ2v) is 7.39. The summed E-state index contributed by atoms with van der Waals surface area (Å²) in [7, 11) is 0. The van der Waals surface area contributed by atoms with E-state index in [4.69, 9.17) is 4.74 Å². The zero-order valence-electron chi connectivity index (χ0n) is 13.4. The number of hydrogen-bond acceptors (Lipinski definition) is 4. The molecular formula is C16H21BrN2O4. The quantitative estimate of drug-likeness (QED) is 0.821. The largest absolute Gasteiger partial charge is 0.444 e. The van der Waals surface area contributed by atoms with Crippen LogP contribution in [0.4, 0.5) is 10.5 Å². The molecule has 7 heteroatoms. The molecule has 23 heavy (non-hydrogen) atoms. The number of carbonyl (C=O) groups excluding carboxylic acids is 2. The summed E-state index contributed by atoms with van der Waals surface area (Å²) in [6.45, 7) is 5.56. The summed E-state index contributed by atoms with van der Waals surface area (Å²) >= 11 is 3.32. The maximum absolute atomic E-state index is 12.5. The first-order chi connectivity index (χ1) is 10.7. The standard InChI is InChI=1S/C16H21BrN2O4/c1-16(2,3)23-15(22)19-9-8-12(20)13(19)14(21)18-11-6-4-10(17)5-7-11/h4-7,12-13,20H,8-9H2,1-3H3,(H,18,21)/t12-,13-/m0/s1. The Bertz CT molecular complexity index is 583. The molecule has 1 saturated heterocycles. The molecule has 2 rings (SSSR count). The second kappa shape index (κ2) is 6.88. The van der Waals surface area contributed by atoms with Crippen LogP contribution in [0.2, 0.25) is 0 Å². The molecule has 1 aromatic carbocycles. The number of nitrogens with zero attached hydrogens (tertiary/aromatic N) is 1. The summed E-state index contributed by atoms with van der Waals surface area (Å²) in [5, 5.41) is 12.8. The van der Waals surface area contributed by atoms with E-state index in [0.717, 1.165) is 4.47 Å². The highest BCUT2D eigenvalue weighted by molar-refractivity contribution is 9.10. The van der Waals surface area contributed by atoms with Gasteiger partial charge in [-0.2, -0.15) is 0 Å². The molecule has 0 aromatic heterocycles. The number of aliphatic hydroxyl groups excluding tert-OH is 1. The molecule has 1 aromatic rings. The van der Waals surface area contributed by atoms with E-state index in [-0.39, 0.29) is 6.54 Å². The SMILES string of the molecule is CC(C)(C)OC(=O)N1CC[C@H](O)[C@H]1C(=O)Nc1ccc(Br)cc1. The van der Waals surface area contributed by atoms with Crippen LogP contribution in [0.15, 0.2) is 28.7 Å². The molecule has 0 unspecified atom stereocenters. The fraction of sp³-hybridized carbons (Fsp3) is 0.500. The molecule has 0 aliphatic carbocycles. The van der Waals surface area contributed by atoms with Crippen LogP contribution in [0.3, 0.4) is 0 Å². The Morgan fingerprint density at radius 1 is 1.30 bits per heavy atom. The molecule has 0 saturated carbocycles. The van der Waals surface area contributed by atoms with Gasteiger partial charge in [0.25, 0.3) is 0 Å². The summed E-state index contributed by atoms with van der Waals surface area (Å²) in [5.74, 6) is -0.428. The highest BCUT2D eigenvalue weighted by atomic mass is 79.9. The van der Waals surface area contributed by atoms with Crippen molar-refractivity contribution in [1.82, 2.24) is 4.90 Å². The molecule has 126 valence electrons. The van der Waals surface area contributed by atoms with Crippen molar-refractivity contribution in [3.8, 4) is 0 Å². The monoisotopic (exact) mass is 384 g/mol. The van der Waals surface area contributed by atoms with E-state index in [9.17, 15) is 14.7 Å². The van der Waals surface area contributed by atoms with Crippen molar-refractivity contribution < 1.29 is 19.4 Å². The van der Waals surface area contributed by atoms with Crippen molar-refractivity contribution >= 4 is 33.6 Å². The van der Waals surface area contributed by atoms with Gasteiger partial charge in [0, 0.05) is 16.7 Å². The molecule has 0 spiro atoms. The first-order valence-electron chi connectivity index (χ1n) is 7.41. The third-order valence-electron chi connectivity index (χ3n) is 3.37. The lowest BCUT2D eigenvalue weighted by atomic mass is 10.1. The van der Waals surface area contributed by atoms with Gasteiger partial charge in [0.15, 0.2) is 0 Å². The zero-order valence-corrected chi connectivity index (χ0v) is 15.0. The molecule has 2 N–H and O–H groups in total. The molecule has 2 amide bonds. The zero-order chi connectivity index (χ0) is 17.2. The number of halogens is 1. The number of carbonyl (C=O) groups is 2. The second-order valence-electron chi connectivity index (χ2n) is 6.47. The van der Waals surface area contributed by atoms with Crippen LogP contribution in [-0.4, -0.2) is 46.3 Å². The normalized spacial score (nSPS) is 21.2. The maximum Gasteiger partial charge on any atom is 0.411 e. The van der Waals surface area contributed by atoms with Gasteiger partial charge in [0.05, 0.1) is 6.10 Å². The molecule has 1 aliphatic heterocycles. The van der Waals surface area contributed by atoms with Crippen molar-refractivity contribution in [2.75, 3.05) is 11.9 Å². The average molecular weight is 385 g/mol. The smallest absolute Gasteiger partial charge is 0.411 e. The van der Waals surface area contributed by atoms with Gasteiger partial charge in [-0.15, -0.1) is 0 Å². The lowest BCUT2D eigenvalue weighted by Crippen LogP contribution is -2.49. The minimum absolute atomic E-state index is 0.286. The van der Waals surface area contributed by atoms with Crippen molar-refractivity contribution in [3.05, 3.63) is 28.7 Å². The van der Waals surface area contributed by atoms with Crippen molar-refractivity contribution in [2.24, 2.45) is 0 Å². The Morgan fingerprint density at radius 3 is 2.48 bits per heavy atom. The van der Waals surface area contributed by atoms with Gasteiger partial charge >= 0.3 is 6.09 Å². The first-order valence-corrected chi connectivity index (χ1v) is 8.21. The number of benzene rings is 1. The fourth-order valence-electron chi connectivity index (χ4n) is 2.37. The van der Waals surface area contributed by atoms with Crippen LogP contribution in [0.5, 0.6) is 0 Å². The summed E-state index contributed by atoms with van der Waals surface area (Å²) in [6, 6.07) is 6.12. The van der Waals surface area contributed by atoms with Crippen LogP contribution in [-0.2, 0) is 9.53 Å². The molecule has 0 bridgehead atoms. The Balaban J connectivity index is 2.09. The Morgan fingerprint density at radius 2 is 1.91 bits per heavy atom. The van der Waals surface area contributed by atoms with Crippen LogP contribution in [0.1, 0.15) is 27.2 Å². The summed E-state index contributed by atoms with van der Waals surface area (Å²) in [5.41, 5.74) is -0.0568. The van der Waals surface area contributed by atoms with Crippen LogP contribution in [0, 0.1) is 0 Å².